The van der Waals surface area contributed by atoms with Crippen molar-refractivity contribution in [1.82, 2.24) is 0 Å². The maximum absolute atomic E-state index is 12.0. The quantitative estimate of drug-likeness (QED) is 0.349. The number of carbonyl (C=O) groups is 1. The van der Waals surface area contributed by atoms with E-state index < -0.39 is 6.10 Å². The van der Waals surface area contributed by atoms with Crippen LogP contribution in [-0.2, 0) is 20.7 Å². The average Bonchev–Trinajstić information content (AvgIpc) is 2.77. The van der Waals surface area contributed by atoms with Crippen molar-refractivity contribution in [2.24, 2.45) is 0 Å². The first kappa shape index (κ1) is 23.2. The summed E-state index contributed by atoms with van der Waals surface area (Å²) in [4.78, 5) is 12.0. The molecule has 0 N–H and O–H groups in total. The lowest BCUT2D eigenvalue weighted by molar-refractivity contribution is -0.156. The van der Waals surface area contributed by atoms with Gasteiger partial charge in [0.15, 0.2) is 6.10 Å². The monoisotopic (exact) mass is 410 g/mol. The number of rotatable bonds is 13. The van der Waals surface area contributed by atoms with Gasteiger partial charge in [-0.05, 0) is 55.3 Å². The Bertz CT molecular complexity index is 793. The molecule has 2 aromatic rings. The minimum absolute atomic E-state index is 0.329. The summed E-state index contributed by atoms with van der Waals surface area (Å²) in [6.07, 6.45) is 5.56. The van der Waals surface area contributed by atoms with E-state index in [0.29, 0.717) is 32.8 Å². The maximum atomic E-state index is 12.0. The van der Waals surface area contributed by atoms with Crippen LogP contribution in [0.2, 0.25) is 0 Å². The molecule has 0 fully saturated rings. The van der Waals surface area contributed by atoms with E-state index in [1.807, 2.05) is 67.6 Å². The Morgan fingerprint density at radius 1 is 0.933 bits per heavy atom. The van der Waals surface area contributed by atoms with Crippen LogP contribution in [0, 0.1) is 0 Å². The van der Waals surface area contributed by atoms with E-state index in [2.05, 4.69) is 6.58 Å². The number of hydrogen-bond acceptors (Lipinski definition) is 5. The van der Waals surface area contributed by atoms with Gasteiger partial charge >= 0.3 is 5.97 Å². The van der Waals surface area contributed by atoms with Gasteiger partial charge in [0, 0.05) is 13.0 Å². The first-order chi connectivity index (χ1) is 14.7. The average molecular weight is 411 g/mol. The molecule has 5 nitrogen and oxygen atoms in total. The molecule has 2 aromatic carbocycles. The largest absolute Gasteiger partial charge is 0.490 e. The van der Waals surface area contributed by atoms with E-state index >= 15 is 0 Å². The van der Waals surface area contributed by atoms with Gasteiger partial charge in [0.2, 0.25) is 0 Å². The lowest BCUT2D eigenvalue weighted by Crippen LogP contribution is -2.28. The molecule has 5 heteroatoms. The van der Waals surface area contributed by atoms with Gasteiger partial charge in [0.25, 0.3) is 0 Å². The predicted octanol–water partition coefficient (Wildman–Crippen LogP) is 4.85. The summed E-state index contributed by atoms with van der Waals surface area (Å²) in [6, 6.07) is 15.5. The van der Waals surface area contributed by atoms with Gasteiger partial charge in [0.05, 0.1) is 6.61 Å². The smallest absolute Gasteiger partial charge is 0.335 e. The lowest BCUT2D eigenvalue weighted by Gasteiger charge is -2.15. The van der Waals surface area contributed by atoms with Gasteiger partial charge in [-0.2, -0.15) is 0 Å². The number of esters is 1. The highest BCUT2D eigenvalue weighted by Gasteiger charge is 2.20. The minimum atomic E-state index is -0.585. The van der Waals surface area contributed by atoms with Crippen LogP contribution in [0.15, 0.2) is 67.3 Å². The summed E-state index contributed by atoms with van der Waals surface area (Å²) in [7, 11) is 0. The fourth-order valence-electron chi connectivity index (χ4n) is 2.74. The van der Waals surface area contributed by atoms with Crippen LogP contribution in [0.25, 0.3) is 6.08 Å². The number of benzene rings is 2. The van der Waals surface area contributed by atoms with Crippen molar-refractivity contribution >= 4 is 12.0 Å². The second-order valence-corrected chi connectivity index (χ2v) is 6.43. The first-order valence-electron chi connectivity index (χ1n) is 10.2. The second-order valence-electron chi connectivity index (χ2n) is 6.43. The van der Waals surface area contributed by atoms with E-state index in [1.165, 1.54) is 0 Å². The molecule has 1 atom stereocenters. The van der Waals surface area contributed by atoms with Crippen molar-refractivity contribution in [1.29, 1.82) is 0 Å². The van der Waals surface area contributed by atoms with Gasteiger partial charge in [0.1, 0.15) is 24.7 Å². The van der Waals surface area contributed by atoms with E-state index in [4.69, 9.17) is 18.9 Å². The van der Waals surface area contributed by atoms with Crippen molar-refractivity contribution in [3.63, 3.8) is 0 Å². The molecule has 30 heavy (non-hydrogen) atoms. The summed E-state index contributed by atoms with van der Waals surface area (Å²) in [5, 5.41) is 0. The Morgan fingerprint density at radius 2 is 1.57 bits per heavy atom. The van der Waals surface area contributed by atoms with Gasteiger partial charge in [-0.1, -0.05) is 43.0 Å². The fraction of sp³-hybridized carbons (Fsp3) is 0.320. The Kier molecular flexibility index (Phi) is 10.2. The van der Waals surface area contributed by atoms with Gasteiger partial charge < -0.3 is 18.9 Å². The first-order valence-corrected chi connectivity index (χ1v) is 10.2. The van der Waals surface area contributed by atoms with E-state index in [1.54, 1.807) is 13.0 Å². The highest BCUT2D eigenvalue weighted by Crippen LogP contribution is 2.16. The Labute approximate surface area is 178 Å². The molecule has 0 heterocycles. The van der Waals surface area contributed by atoms with Crippen LogP contribution >= 0.6 is 0 Å². The van der Waals surface area contributed by atoms with Crippen LogP contribution < -0.4 is 9.47 Å². The lowest BCUT2D eigenvalue weighted by atomic mass is 10.1. The van der Waals surface area contributed by atoms with Crippen molar-refractivity contribution in [2.75, 3.05) is 26.4 Å². The third kappa shape index (κ3) is 8.13. The third-order valence-corrected chi connectivity index (χ3v) is 4.17. The maximum Gasteiger partial charge on any atom is 0.335 e. The zero-order valence-electron chi connectivity index (χ0n) is 17.7. The highest BCUT2D eigenvalue weighted by atomic mass is 16.6. The summed E-state index contributed by atoms with van der Waals surface area (Å²) in [5.41, 5.74) is 2.06. The van der Waals surface area contributed by atoms with Crippen molar-refractivity contribution < 1.29 is 23.7 Å². The van der Waals surface area contributed by atoms with E-state index in [-0.39, 0.29) is 5.97 Å². The van der Waals surface area contributed by atoms with Gasteiger partial charge in [-0.3, -0.25) is 0 Å². The third-order valence-electron chi connectivity index (χ3n) is 4.17. The Balaban J connectivity index is 1.81. The molecule has 0 aromatic heterocycles. The molecule has 2 rings (SSSR count). The van der Waals surface area contributed by atoms with E-state index in [9.17, 15) is 4.79 Å². The van der Waals surface area contributed by atoms with Crippen molar-refractivity contribution in [3.05, 3.63) is 78.4 Å². The molecule has 0 saturated heterocycles. The molecular formula is C25H30O5. The van der Waals surface area contributed by atoms with E-state index in [0.717, 1.165) is 22.6 Å². The molecule has 0 bridgehead atoms. The van der Waals surface area contributed by atoms with Crippen molar-refractivity contribution in [3.8, 4) is 11.5 Å². The summed E-state index contributed by atoms with van der Waals surface area (Å²) in [5.74, 6) is 1.25. The fourth-order valence-corrected chi connectivity index (χ4v) is 2.74. The van der Waals surface area contributed by atoms with Crippen molar-refractivity contribution in [2.45, 2.75) is 26.4 Å². The summed E-state index contributed by atoms with van der Waals surface area (Å²) >= 11 is 0. The molecule has 0 saturated carbocycles. The van der Waals surface area contributed by atoms with Crippen LogP contribution in [0.3, 0.4) is 0 Å². The standard InChI is InChI=1S/C25H30O5/c1-4-17-29-22-13-9-20(10-14-22)8-7-18-30-23-15-11-21(12-16-23)19-24(27-5-2)25(26)28-6-3/h4,7-16,24H,1,5-6,17-19H2,2-3H3/b8-7+/t24-/m0/s1. The molecule has 0 amide bonds. The normalized spacial score (nSPS) is 11.8. The Hall–Kier alpha value is -3.05. The SMILES string of the molecule is C=CCOc1ccc(/C=C/COc2ccc(C[C@H](OCC)C(=O)OCC)cc2)cc1. The minimum Gasteiger partial charge on any atom is -0.490 e. The number of hydrogen-bond donors (Lipinski definition) is 0. The molecule has 0 aliphatic carbocycles. The number of carbonyl (C=O) groups excluding carboxylic acids is 1. The molecule has 0 spiro atoms. The number of ether oxygens (including phenoxy) is 4. The molecule has 0 aliphatic heterocycles. The Morgan fingerprint density at radius 3 is 2.17 bits per heavy atom. The summed E-state index contributed by atoms with van der Waals surface area (Å²) < 4.78 is 21.8. The molecular weight excluding hydrogens is 380 g/mol. The molecule has 0 unspecified atom stereocenters. The molecule has 0 radical (unpaired) electrons. The van der Waals surface area contributed by atoms with Gasteiger partial charge in [-0.25, -0.2) is 4.79 Å². The molecule has 0 aliphatic rings. The predicted molar refractivity (Wildman–Crippen MR) is 119 cm³/mol. The highest BCUT2D eigenvalue weighted by molar-refractivity contribution is 5.75. The van der Waals surface area contributed by atoms with Crippen LogP contribution in [0.1, 0.15) is 25.0 Å². The molecule has 160 valence electrons. The van der Waals surface area contributed by atoms with Crippen LogP contribution in [0.4, 0.5) is 0 Å². The van der Waals surface area contributed by atoms with Crippen LogP contribution in [0.5, 0.6) is 11.5 Å². The zero-order valence-corrected chi connectivity index (χ0v) is 17.7. The second kappa shape index (κ2) is 13.2. The van der Waals surface area contributed by atoms with Crippen LogP contribution in [-0.4, -0.2) is 38.5 Å². The van der Waals surface area contributed by atoms with Gasteiger partial charge in [-0.15, -0.1) is 0 Å². The zero-order chi connectivity index (χ0) is 21.6. The summed E-state index contributed by atoms with van der Waals surface area (Å²) in [6.45, 7) is 9.04. The topological polar surface area (TPSA) is 54.0 Å².